The van der Waals surface area contributed by atoms with Crippen LogP contribution in [0.15, 0.2) is 41.3 Å². The van der Waals surface area contributed by atoms with E-state index < -0.39 is 41.6 Å². The molecule has 138 valence electrons. The Morgan fingerprint density at radius 3 is 2.38 bits per heavy atom. The number of rotatable bonds is 7. The molecule has 26 heavy (non-hydrogen) atoms. The molecule has 0 aromatic heterocycles. The van der Waals surface area contributed by atoms with Gasteiger partial charge in [-0.15, -0.1) is 11.8 Å². The lowest BCUT2D eigenvalue weighted by Crippen LogP contribution is -2.22. The minimum absolute atomic E-state index is 0.0425. The minimum atomic E-state index is -1.70. The Morgan fingerprint density at radius 1 is 1.04 bits per heavy atom. The molecule has 9 heteroatoms. The largest absolute Gasteiger partial charge is 0.497 e. The van der Waals surface area contributed by atoms with Crippen molar-refractivity contribution in [3.63, 3.8) is 0 Å². The van der Waals surface area contributed by atoms with E-state index in [1.54, 1.807) is 24.3 Å². The number of ether oxygens (including phenoxy) is 2. The number of hydrogen-bond acceptors (Lipinski definition) is 5. The first kappa shape index (κ1) is 19.6. The fraction of sp³-hybridized carbons (Fsp3) is 0.176. The van der Waals surface area contributed by atoms with E-state index in [1.807, 2.05) is 5.32 Å². The number of carbonyl (C=O) groups is 2. The summed E-state index contributed by atoms with van der Waals surface area (Å²) in [5, 5.41) is 2.00. The van der Waals surface area contributed by atoms with Crippen LogP contribution >= 0.6 is 11.8 Å². The average molecular weight is 385 g/mol. The lowest BCUT2D eigenvalue weighted by Gasteiger charge is -2.08. The molecule has 1 N–H and O–H groups in total. The minimum Gasteiger partial charge on any atom is -0.497 e. The predicted octanol–water partition coefficient (Wildman–Crippen LogP) is 3.39. The van der Waals surface area contributed by atoms with Gasteiger partial charge in [0.2, 0.25) is 0 Å². The maximum Gasteiger partial charge on any atom is 0.316 e. The van der Waals surface area contributed by atoms with Crippen LogP contribution in [0.25, 0.3) is 0 Å². The number of halogens is 3. The van der Waals surface area contributed by atoms with Crippen molar-refractivity contribution in [1.82, 2.24) is 0 Å². The summed E-state index contributed by atoms with van der Waals surface area (Å²) in [4.78, 5) is 24.1. The highest BCUT2D eigenvalue weighted by Gasteiger charge is 2.16. The second-order valence-corrected chi connectivity index (χ2v) is 5.94. The van der Waals surface area contributed by atoms with Crippen LogP contribution in [0, 0.1) is 17.5 Å². The van der Waals surface area contributed by atoms with Gasteiger partial charge in [-0.25, -0.2) is 13.2 Å². The molecule has 1 amide bonds. The topological polar surface area (TPSA) is 64.6 Å². The Labute approximate surface area is 151 Å². The molecule has 0 saturated carbocycles. The van der Waals surface area contributed by atoms with Gasteiger partial charge in [0.1, 0.15) is 5.75 Å². The molecule has 0 radical (unpaired) electrons. The second-order valence-electron chi connectivity index (χ2n) is 4.90. The molecule has 0 bridgehead atoms. The third-order valence-corrected chi connectivity index (χ3v) is 4.08. The van der Waals surface area contributed by atoms with Gasteiger partial charge in [-0.2, -0.15) is 0 Å². The van der Waals surface area contributed by atoms with Crippen LogP contribution < -0.4 is 10.1 Å². The van der Waals surface area contributed by atoms with Crippen molar-refractivity contribution in [2.45, 2.75) is 4.90 Å². The lowest BCUT2D eigenvalue weighted by atomic mass is 10.3. The Bertz CT molecular complexity index is 799. The molecular weight excluding hydrogens is 371 g/mol. The van der Waals surface area contributed by atoms with E-state index in [-0.39, 0.29) is 5.75 Å². The van der Waals surface area contributed by atoms with Gasteiger partial charge < -0.3 is 14.8 Å². The summed E-state index contributed by atoms with van der Waals surface area (Å²) in [6.07, 6.45) is 0. The van der Waals surface area contributed by atoms with Gasteiger partial charge in [-0.1, -0.05) is 0 Å². The molecule has 0 heterocycles. The van der Waals surface area contributed by atoms with E-state index in [4.69, 9.17) is 9.47 Å². The highest BCUT2D eigenvalue weighted by Crippen LogP contribution is 2.21. The number of nitrogens with one attached hydrogen (secondary N) is 1. The average Bonchev–Trinajstić information content (AvgIpc) is 2.65. The van der Waals surface area contributed by atoms with Gasteiger partial charge >= 0.3 is 5.97 Å². The van der Waals surface area contributed by atoms with E-state index in [9.17, 15) is 22.8 Å². The third kappa shape index (κ3) is 5.41. The summed E-state index contributed by atoms with van der Waals surface area (Å²) in [6, 6.07) is 8.53. The monoisotopic (exact) mass is 385 g/mol. The van der Waals surface area contributed by atoms with Crippen molar-refractivity contribution in [3.05, 3.63) is 53.8 Å². The molecule has 2 aromatic carbocycles. The summed E-state index contributed by atoms with van der Waals surface area (Å²) < 4.78 is 49.1. The normalized spacial score (nSPS) is 10.3. The maximum absolute atomic E-state index is 13.4. The van der Waals surface area contributed by atoms with Crippen molar-refractivity contribution in [3.8, 4) is 5.75 Å². The molecule has 5 nitrogen and oxygen atoms in total. The van der Waals surface area contributed by atoms with Crippen molar-refractivity contribution >= 4 is 29.3 Å². The van der Waals surface area contributed by atoms with Gasteiger partial charge in [0.05, 0.1) is 18.6 Å². The number of amides is 1. The molecule has 2 rings (SSSR count). The van der Waals surface area contributed by atoms with Gasteiger partial charge in [0, 0.05) is 4.90 Å². The molecule has 0 fully saturated rings. The Kier molecular flexibility index (Phi) is 6.90. The van der Waals surface area contributed by atoms with Crippen LogP contribution in [0.1, 0.15) is 0 Å². The number of esters is 1. The predicted molar refractivity (Wildman–Crippen MR) is 89.6 cm³/mol. The zero-order valence-electron chi connectivity index (χ0n) is 13.6. The van der Waals surface area contributed by atoms with Crippen molar-refractivity contribution in [1.29, 1.82) is 0 Å². The van der Waals surface area contributed by atoms with Crippen molar-refractivity contribution in [2.24, 2.45) is 0 Å². The zero-order valence-corrected chi connectivity index (χ0v) is 14.4. The first-order chi connectivity index (χ1) is 12.4. The summed E-state index contributed by atoms with van der Waals surface area (Å²) in [5.74, 6) is -5.50. The highest BCUT2D eigenvalue weighted by molar-refractivity contribution is 8.00. The molecule has 2 aromatic rings. The number of thioether (sulfide) groups is 1. The molecule has 0 spiro atoms. The number of methoxy groups -OCH3 is 1. The Morgan fingerprint density at radius 2 is 1.73 bits per heavy atom. The molecule has 0 aliphatic carbocycles. The number of hydrogen-bond donors (Lipinski definition) is 1. The molecule has 0 aliphatic rings. The zero-order chi connectivity index (χ0) is 19.1. The quantitative estimate of drug-likeness (QED) is 0.450. The molecule has 0 unspecified atom stereocenters. The first-order valence-electron chi connectivity index (χ1n) is 7.26. The Balaban J connectivity index is 1.77. The van der Waals surface area contributed by atoms with Crippen LogP contribution in [0.3, 0.4) is 0 Å². The third-order valence-electron chi connectivity index (χ3n) is 3.09. The lowest BCUT2D eigenvalue weighted by molar-refractivity contribution is -0.144. The highest BCUT2D eigenvalue weighted by atomic mass is 32.2. The smallest absolute Gasteiger partial charge is 0.316 e. The van der Waals surface area contributed by atoms with Gasteiger partial charge in [-0.05, 0) is 36.4 Å². The fourth-order valence-corrected chi connectivity index (χ4v) is 2.51. The van der Waals surface area contributed by atoms with Gasteiger partial charge in [0.15, 0.2) is 24.1 Å². The fourth-order valence-electron chi connectivity index (χ4n) is 1.81. The van der Waals surface area contributed by atoms with Crippen LogP contribution in [0.5, 0.6) is 5.75 Å². The maximum atomic E-state index is 13.4. The Hall–Kier alpha value is -2.68. The van der Waals surface area contributed by atoms with E-state index in [1.165, 1.54) is 18.9 Å². The number of benzene rings is 2. The van der Waals surface area contributed by atoms with Gasteiger partial charge in [-0.3, -0.25) is 9.59 Å². The van der Waals surface area contributed by atoms with Crippen molar-refractivity contribution in [2.75, 3.05) is 24.8 Å². The molecule has 0 saturated heterocycles. The van der Waals surface area contributed by atoms with E-state index in [0.717, 1.165) is 11.0 Å². The van der Waals surface area contributed by atoms with Gasteiger partial charge in [0.25, 0.3) is 5.91 Å². The summed E-state index contributed by atoms with van der Waals surface area (Å²) in [7, 11) is 1.54. The van der Waals surface area contributed by atoms with Crippen LogP contribution in [-0.4, -0.2) is 31.3 Å². The SMILES string of the molecule is COc1ccc(SCC(=O)OCC(=O)Nc2ccc(F)c(F)c2F)cc1. The molecule has 0 atom stereocenters. The summed E-state index contributed by atoms with van der Waals surface area (Å²) in [5.41, 5.74) is -0.544. The molecule has 0 aliphatic heterocycles. The first-order valence-corrected chi connectivity index (χ1v) is 8.25. The van der Waals surface area contributed by atoms with Crippen LogP contribution in [0.4, 0.5) is 18.9 Å². The van der Waals surface area contributed by atoms with E-state index >= 15 is 0 Å². The van der Waals surface area contributed by atoms with Crippen molar-refractivity contribution < 1.29 is 32.2 Å². The number of anilines is 1. The van der Waals surface area contributed by atoms with Crippen LogP contribution in [0.2, 0.25) is 0 Å². The van der Waals surface area contributed by atoms with E-state index in [2.05, 4.69) is 0 Å². The number of carbonyl (C=O) groups excluding carboxylic acids is 2. The molecular formula is C17H14F3NO4S. The van der Waals surface area contributed by atoms with E-state index in [0.29, 0.717) is 11.8 Å². The summed E-state index contributed by atoms with van der Waals surface area (Å²) >= 11 is 1.20. The van der Waals surface area contributed by atoms with Crippen LogP contribution in [-0.2, 0) is 14.3 Å². The second kappa shape index (κ2) is 9.14. The standard InChI is InChI=1S/C17H14F3NO4S/c1-24-10-2-4-11(5-3-10)26-9-15(23)25-8-14(22)21-13-7-6-12(18)16(19)17(13)20/h2-7H,8-9H2,1H3,(H,21,22). The summed E-state index contributed by atoms with van der Waals surface area (Å²) in [6.45, 7) is -0.680.